The molecule has 0 aliphatic heterocycles. The molecule has 0 radical (unpaired) electrons. The van der Waals surface area contributed by atoms with Gasteiger partial charge in [-0.2, -0.15) is 0 Å². The van der Waals surface area contributed by atoms with Gasteiger partial charge < -0.3 is 105 Å². The van der Waals surface area contributed by atoms with E-state index in [4.69, 9.17) is 26.7 Å². The van der Waals surface area contributed by atoms with Gasteiger partial charge in [-0.05, 0) is 70.3 Å². The van der Waals surface area contributed by atoms with E-state index < -0.39 is 175 Å². The lowest BCUT2D eigenvalue weighted by molar-refractivity contribution is -0.140. The van der Waals surface area contributed by atoms with Gasteiger partial charge in [0.2, 0.25) is 53.2 Å². The number of hydrogen-bond acceptors (Lipinski definition) is 19. The fourth-order valence-electron chi connectivity index (χ4n) is 7.58. The number of rotatable bonds is 36. The molecule has 0 fully saturated rings. The number of aliphatic hydroxyl groups is 4. The minimum atomic E-state index is -2.51. The van der Waals surface area contributed by atoms with Crippen molar-refractivity contribution in [3.05, 3.63) is 35.9 Å². The fraction of sp³-hybridized carbons (Fsp3) is 0.642. The van der Waals surface area contributed by atoms with E-state index in [0.717, 1.165) is 6.92 Å². The van der Waals surface area contributed by atoms with E-state index >= 15 is 0 Å². The van der Waals surface area contributed by atoms with Crippen LogP contribution in [-0.4, -0.2) is 201 Å². The third-order valence-electron chi connectivity index (χ3n) is 12.5. The van der Waals surface area contributed by atoms with Gasteiger partial charge in [0.1, 0.15) is 60.5 Å². The molecule has 86 heavy (non-hydrogen) atoms. The first kappa shape index (κ1) is 75.6. The summed E-state index contributed by atoms with van der Waals surface area (Å²) in [6.07, 6.45) is -7.71. The second-order valence-corrected chi connectivity index (χ2v) is 21.9. The first-order chi connectivity index (χ1) is 40.0. The molecule has 0 bridgehead atoms. The molecule has 0 aromatic heterocycles. The summed E-state index contributed by atoms with van der Waals surface area (Å²) >= 11 is 0. The molecule has 21 N–H and O–H groups in total. The molecular weight excluding hydrogens is 1140 g/mol. The summed E-state index contributed by atoms with van der Waals surface area (Å²) in [5, 5.41) is 74.3. The highest BCUT2D eigenvalue weighted by Gasteiger charge is 2.39. The van der Waals surface area contributed by atoms with Crippen LogP contribution in [0.15, 0.2) is 35.3 Å². The van der Waals surface area contributed by atoms with Gasteiger partial charge in [0.25, 0.3) is 0 Å². The predicted octanol–water partition coefficient (Wildman–Crippen LogP) is -5.22. The molecule has 0 spiro atoms. The van der Waals surface area contributed by atoms with Crippen molar-refractivity contribution in [1.29, 1.82) is 0 Å². The number of guanidine groups is 1. The number of aliphatic hydroxyl groups excluding tert-OH is 4. The number of carboxylic acids is 1. The second kappa shape index (κ2) is 37.1. The van der Waals surface area contributed by atoms with Crippen molar-refractivity contribution in [3.63, 3.8) is 0 Å². The molecule has 0 aliphatic rings. The normalized spacial score (nSPS) is 15.4. The van der Waals surface area contributed by atoms with Crippen LogP contribution in [0.5, 0.6) is 0 Å². The summed E-state index contributed by atoms with van der Waals surface area (Å²) in [5.41, 5.74) is 15.8. The molecule has 0 aliphatic carbocycles. The third-order valence-corrected chi connectivity index (χ3v) is 12.5. The molecule has 33 heteroatoms. The Morgan fingerprint density at radius 3 is 1.70 bits per heavy atom. The Labute approximate surface area is 497 Å². The van der Waals surface area contributed by atoms with Crippen LogP contribution in [-0.2, 0) is 64.0 Å². The fourth-order valence-corrected chi connectivity index (χ4v) is 7.58. The minimum Gasteiger partial charge on any atom is -0.480 e. The van der Waals surface area contributed by atoms with Crippen LogP contribution in [0, 0.1) is 17.8 Å². The van der Waals surface area contributed by atoms with Gasteiger partial charge in [-0.1, -0.05) is 78.3 Å². The standard InChI is InChI=1S/C53H88N14O19/c1-11-27(6)35(65-43(75)30(18-15-19-57-50(55)56)60-44(76)31(20-25(2)3)61-47(79)37(39(71)26(4)5)67-52(84)86-53(8,9)10)46(78)66-36(28(7)69)45(77)59-22-34(70)64-38(40(72)41(54)73)48(80)62-33(23-68)42(74)58-21-32(49(81)82)63-51(83)85-24-29-16-13-12-14-17-29/h12-14,16-17,25-28,30-33,35-40,68-69,71-72H,11,15,18-24H2,1-10H3,(H2,54,73)(H,58,74)(H,59,77)(H,60,76)(H,61,79)(H,62,80)(H,63,83)(H,64,70)(H,65,75)(H,66,78)(H,67,84)(H,81,82)(H4,55,56,57)/t27-,28-,30+,31?,32-,33-,35-,36-,37-,38-,39+,40-/m0/s1. The maximum atomic E-state index is 14.3. The van der Waals surface area contributed by atoms with Gasteiger partial charge in [-0.3, -0.25) is 48.1 Å². The van der Waals surface area contributed by atoms with E-state index in [9.17, 15) is 83.1 Å². The SMILES string of the molecule is CC[C@H](C)[C@H](NC(=O)[C@@H](CCCN=C(N)N)NC(=O)C(CC(C)C)NC(=O)[C@@H](NC(=O)OC(C)(C)C)[C@H](O)C(C)C)C(=O)N[C@H](C(=O)NCC(=O)N[C@H](C(=O)N[C@@H](CO)C(=O)NC[C@H](NC(=O)OCc1ccccc1)C(=O)O)[C@H](O)C(N)=O)[C@H](C)O. The van der Waals surface area contributed by atoms with E-state index in [1.165, 1.54) is 0 Å². The molecule has 1 aromatic rings. The molecule has 12 atom stereocenters. The maximum Gasteiger partial charge on any atom is 0.408 e. The number of ether oxygens (including phenoxy) is 2. The minimum absolute atomic E-state index is 0.00636. The van der Waals surface area contributed by atoms with Gasteiger partial charge in [0.15, 0.2) is 12.1 Å². The van der Waals surface area contributed by atoms with Crippen molar-refractivity contribution >= 4 is 77.3 Å². The average molecular weight is 1230 g/mol. The van der Waals surface area contributed by atoms with Crippen LogP contribution in [0.25, 0.3) is 0 Å². The first-order valence-corrected chi connectivity index (χ1v) is 27.6. The summed E-state index contributed by atoms with van der Waals surface area (Å²) in [4.78, 5) is 162. The smallest absolute Gasteiger partial charge is 0.408 e. The molecule has 1 unspecified atom stereocenters. The molecule has 33 nitrogen and oxygen atoms in total. The third kappa shape index (κ3) is 28.0. The Morgan fingerprint density at radius 1 is 0.616 bits per heavy atom. The van der Waals surface area contributed by atoms with Crippen LogP contribution in [0.3, 0.4) is 0 Å². The van der Waals surface area contributed by atoms with Crippen LogP contribution < -0.4 is 70.4 Å². The quantitative estimate of drug-likeness (QED) is 0.0170. The monoisotopic (exact) mass is 1220 g/mol. The molecule has 11 amide bonds. The topological polar surface area (TPSA) is 535 Å². The van der Waals surface area contributed by atoms with Gasteiger partial charge in [-0.25, -0.2) is 14.4 Å². The second-order valence-electron chi connectivity index (χ2n) is 21.9. The number of nitrogens with zero attached hydrogens (tertiary/aromatic N) is 1. The van der Waals surface area contributed by atoms with Crippen LogP contribution in [0.2, 0.25) is 0 Å². The number of hydrogen-bond donors (Lipinski definition) is 18. The summed E-state index contributed by atoms with van der Waals surface area (Å²) in [6.45, 7) is 12.4. The molecule has 0 heterocycles. The van der Waals surface area contributed by atoms with Crippen molar-refractivity contribution in [2.24, 2.45) is 39.9 Å². The summed E-state index contributed by atoms with van der Waals surface area (Å²) in [5.74, 6) is -14.1. The van der Waals surface area contributed by atoms with Crippen LogP contribution in [0.4, 0.5) is 9.59 Å². The molecule has 1 rings (SSSR count). The Hall–Kier alpha value is -8.43. The van der Waals surface area contributed by atoms with Crippen LogP contribution >= 0.6 is 0 Å². The average Bonchev–Trinajstić information content (AvgIpc) is 2.89. The van der Waals surface area contributed by atoms with Crippen molar-refractivity contribution < 1.29 is 92.5 Å². The number of carbonyl (C=O) groups excluding carboxylic acids is 11. The first-order valence-electron chi connectivity index (χ1n) is 27.6. The summed E-state index contributed by atoms with van der Waals surface area (Å²) in [6, 6.07) is -5.49. The molecule has 1 aromatic carbocycles. The van der Waals surface area contributed by atoms with E-state index in [-0.39, 0.29) is 50.7 Å². The number of nitrogens with one attached hydrogen (secondary N) is 10. The van der Waals surface area contributed by atoms with E-state index in [2.05, 4.69) is 42.2 Å². The van der Waals surface area contributed by atoms with Crippen molar-refractivity contribution in [2.45, 2.75) is 174 Å². The van der Waals surface area contributed by atoms with Crippen molar-refractivity contribution in [1.82, 2.24) is 53.2 Å². The number of primary amides is 1. The number of benzene rings is 1. The lowest BCUT2D eigenvalue weighted by atomic mass is 9.96. The number of nitrogens with two attached hydrogens (primary N) is 3. The highest BCUT2D eigenvalue weighted by Crippen LogP contribution is 2.15. The zero-order valence-corrected chi connectivity index (χ0v) is 50.0. The van der Waals surface area contributed by atoms with Gasteiger partial charge in [0.05, 0.1) is 25.4 Å². The van der Waals surface area contributed by atoms with Gasteiger partial charge >= 0.3 is 18.2 Å². The molecule has 0 saturated heterocycles. The van der Waals surface area contributed by atoms with Gasteiger partial charge in [-0.15, -0.1) is 0 Å². The summed E-state index contributed by atoms with van der Waals surface area (Å²) in [7, 11) is 0. The largest absolute Gasteiger partial charge is 0.480 e. The Balaban J connectivity index is 3.31. The Bertz CT molecular complexity index is 2490. The molecule has 0 saturated carbocycles. The highest BCUT2D eigenvalue weighted by atomic mass is 16.6. The highest BCUT2D eigenvalue weighted by molar-refractivity contribution is 5.99. The maximum absolute atomic E-state index is 14.3. The lowest BCUT2D eigenvalue weighted by Crippen LogP contribution is -2.63. The number of alkyl carbamates (subject to hydrolysis) is 2. The van der Waals surface area contributed by atoms with Crippen molar-refractivity contribution in [2.75, 3.05) is 26.2 Å². The Morgan fingerprint density at radius 2 is 1.17 bits per heavy atom. The number of amides is 11. The lowest BCUT2D eigenvalue weighted by Gasteiger charge is -2.31. The molecular formula is C53H88N14O19. The zero-order valence-electron chi connectivity index (χ0n) is 50.0. The number of carbonyl (C=O) groups is 12. The number of carboxylic acid groups (broad SMARTS) is 1. The number of aliphatic carboxylic acids is 1. The van der Waals surface area contributed by atoms with Crippen LogP contribution in [0.1, 0.15) is 100 Å². The predicted molar refractivity (Wildman–Crippen MR) is 306 cm³/mol. The van der Waals surface area contributed by atoms with E-state index in [1.54, 1.807) is 92.6 Å². The number of aliphatic imine (C=N–C) groups is 1. The zero-order chi connectivity index (χ0) is 65.8. The summed E-state index contributed by atoms with van der Waals surface area (Å²) < 4.78 is 10.3. The molecule has 484 valence electrons. The Kier molecular flexibility index (Phi) is 32.6. The van der Waals surface area contributed by atoms with Crippen molar-refractivity contribution in [3.8, 4) is 0 Å². The van der Waals surface area contributed by atoms with E-state index in [1.807, 2.05) is 16.0 Å². The van der Waals surface area contributed by atoms with E-state index in [0.29, 0.717) is 5.56 Å². The van der Waals surface area contributed by atoms with Gasteiger partial charge in [0, 0.05) is 13.1 Å².